The van der Waals surface area contributed by atoms with Gasteiger partial charge in [0, 0.05) is 16.4 Å². The molecular weight excluding hydrogens is 370 g/mol. The number of primary amides is 1. The number of benzene rings is 2. The Balaban J connectivity index is 1.87. The van der Waals surface area contributed by atoms with Crippen LogP contribution < -0.4 is 11.1 Å². The molecule has 0 spiro atoms. The molecule has 0 atom stereocenters. The Morgan fingerprint density at radius 3 is 2.50 bits per heavy atom. The van der Waals surface area contributed by atoms with Gasteiger partial charge in [-0.15, -0.1) is 10.2 Å². The third-order valence-electron chi connectivity index (χ3n) is 3.63. The van der Waals surface area contributed by atoms with Crippen LogP contribution >= 0.6 is 23.4 Å². The number of aromatic nitrogens is 3. The second-order valence-corrected chi connectivity index (χ2v) is 7.06. The SMILES string of the molecule is Cc1ccc(NCc2nnc(SCC(N)=O)n2-c2ccc(Cl)cc2)cc1. The van der Waals surface area contributed by atoms with Crippen LogP contribution in [0.1, 0.15) is 11.4 Å². The maximum absolute atomic E-state index is 11.1. The van der Waals surface area contributed by atoms with Crippen molar-refractivity contribution in [1.82, 2.24) is 14.8 Å². The van der Waals surface area contributed by atoms with E-state index in [1.807, 2.05) is 47.9 Å². The smallest absolute Gasteiger partial charge is 0.227 e. The van der Waals surface area contributed by atoms with E-state index in [2.05, 4.69) is 15.5 Å². The summed E-state index contributed by atoms with van der Waals surface area (Å²) in [7, 11) is 0. The first-order chi connectivity index (χ1) is 12.5. The van der Waals surface area contributed by atoms with E-state index in [0.29, 0.717) is 16.7 Å². The average molecular weight is 388 g/mol. The number of aryl methyl sites for hydroxylation is 1. The lowest BCUT2D eigenvalue weighted by molar-refractivity contribution is -0.115. The van der Waals surface area contributed by atoms with E-state index in [0.717, 1.165) is 17.2 Å². The number of amides is 1. The monoisotopic (exact) mass is 387 g/mol. The molecule has 0 saturated carbocycles. The van der Waals surface area contributed by atoms with Crippen molar-refractivity contribution in [2.75, 3.05) is 11.1 Å². The highest BCUT2D eigenvalue weighted by atomic mass is 35.5. The summed E-state index contributed by atoms with van der Waals surface area (Å²) in [6, 6.07) is 15.5. The lowest BCUT2D eigenvalue weighted by atomic mass is 10.2. The van der Waals surface area contributed by atoms with Crippen LogP contribution in [0.3, 0.4) is 0 Å². The zero-order valence-electron chi connectivity index (χ0n) is 14.1. The van der Waals surface area contributed by atoms with Gasteiger partial charge in [0.2, 0.25) is 5.91 Å². The fraction of sp³-hybridized carbons (Fsp3) is 0.167. The summed E-state index contributed by atoms with van der Waals surface area (Å²) in [5.74, 6) is 0.455. The second kappa shape index (κ2) is 8.25. The highest BCUT2D eigenvalue weighted by molar-refractivity contribution is 7.99. The van der Waals surface area contributed by atoms with Gasteiger partial charge in [-0.2, -0.15) is 0 Å². The van der Waals surface area contributed by atoms with Crippen molar-refractivity contribution in [3.05, 3.63) is 64.9 Å². The maximum atomic E-state index is 11.1. The molecule has 134 valence electrons. The van der Waals surface area contributed by atoms with Gasteiger partial charge in [-0.25, -0.2) is 0 Å². The first-order valence-corrected chi connectivity index (χ1v) is 9.31. The molecule has 3 rings (SSSR count). The number of nitrogens with two attached hydrogens (primary N) is 1. The van der Waals surface area contributed by atoms with E-state index in [9.17, 15) is 4.79 Å². The number of carbonyl (C=O) groups is 1. The number of nitrogens with zero attached hydrogens (tertiary/aromatic N) is 3. The number of thioether (sulfide) groups is 1. The minimum atomic E-state index is -0.403. The topological polar surface area (TPSA) is 85.8 Å². The van der Waals surface area contributed by atoms with Gasteiger partial charge in [0.15, 0.2) is 11.0 Å². The third kappa shape index (κ3) is 4.56. The van der Waals surface area contributed by atoms with E-state index >= 15 is 0 Å². The summed E-state index contributed by atoms with van der Waals surface area (Å²) in [5.41, 5.74) is 8.32. The van der Waals surface area contributed by atoms with Crippen LogP contribution in [0.2, 0.25) is 5.02 Å². The Bertz CT molecular complexity index is 893. The molecule has 3 aromatic rings. The van der Waals surface area contributed by atoms with E-state index in [1.165, 1.54) is 17.3 Å². The third-order valence-corrected chi connectivity index (χ3v) is 4.83. The van der Waals surface area contributed by atoms with Gasteiger partial charge in [0.1, 0.15) is 0 Å². The molecule has 0 fully saturated rings. The Kier molecular flexibility index (Phi) is 5.80. The largest absolute Gasteiger partial charge is 0.378 e. The summed E-state index contributed by atoms with van der Waals surface area (Å²) in [4.78, 5) is 11.1. The predicted molar refractivity (Wildman–Crippen MR) is 105 cm³/mol. The molecule has 6 nitrogen and oxygen atoms in total. The van der Waals surface area contributed by atoms with Crippen LogP contribution in [0.5, 0.6) is 0 Å². The molecule has 1 amide bonds. The molecular formula is C18H18ClN5OS. The van der Waals surface area contributed by atoms with Gasteiger partial charge in [-0.1, -0.05) is 41.1 Å². The minimum absolute atomic E-state index is 0.136. The number of nitrogens with one attached hydrogen (secondary N) is 1. The molecule has 2 aromatic carbocycles. The molecule has 1 heterocycles. The minimum Gasteiger partial charge on any atom is -0.378 e. The van der Waals surface area contributed by atoms with Crippen LogP contribution in [0.4, 0.5) is 5.69 Å². The fourth-order valence-corrected chi connectivity index (χ4v) is 3.18. The number of rotatable bonds is 7. The number of hydrogen-bond donors (Lipinski definition) is 2. The Hall–Kier alpha value is -2.51. The van der Waals surface area contributed by atoms with Crippen molar-refractivity contribution in [3.8, 4) is 5.69 Å². The number of anilines is 1. The van der Waals surface area contributed by atoms with Crippen molar-refractivity contribution in [2.24, 2.45) is 5.73 Å². The van der Waals surface area contributed by atoms with Gasteiger partial charge < -0.3 is 11.1 Å². The van der Waals surface area contributed by atoms with Gasteiger partial charge in [0.25, 0.3) is 0 Å². The molecule has 3 N–H and O–H groups in total. The molecule has 0 bridgehead atoms. The fourth-order valence-electron chi connectivity index (χ4n) is 2.35. The highest BCUT2D eigenvalue weighted by Crippen LogP contribution is 2.23. The molecule has 26 heavy (non-hydrogen) atoms. The quantitative estimate of drug-likeness (QED) is 0.606. The van der Waals surface area contributed by atoms with E-state index in [4.69, 9.17) is 17.3 Å². The summed E-state index contributed by atoms with van der Waals surface area (Å²) < 4.78 is 1.89. The van der Waals surface area contributed by atoms with Crippen LogP contribution in [0.15, 0.2) is 53.7 Å². The average Bonchev–Trinajstić information content (AvgIpc) is 3.03. The predicted octanol–water partition coefficient (Wildman–Crippen LogP) is 3.42. The van der Waals surface area contributed by atoms with Crippen LogP contribution in [-0.4, -0.2) is 26.4 Å². The Morgan fingerprint density at radius 2 is 1.85 bits per heavy atom. The van der Waals surface area contributed by atoms with Crippen molar-refractivity contribution >= 4 is 35.0 Å². The summed E-state index contributed by atoms with van der Waals surface area (Å²) in [6.07, 6.45) is 0. The maximum Gasteiger partial charge on any atom is 0.227 e. The molecule has 1 aromatic heterocycles. The van der Waals surface area contributed by atoms with Crippen molar-refractivity contribution in [3.63, 3.8) is 0 Å². The molecule has 8 heteroatoms. The second-order valence-electron chi connectivity index (χ2n) is 5.69. The van der Waals surface area contributed by atoms with E-state index in [1.54, 1.807) is 12.1 Å². The molecule has 0 saturated heterocycles. The molecule has 0 aliphatic rings. The van der Waals surface area contributed by atoms with Crippen LogP contribution in [-0.2, 0) is 11.3 Å². The van der Waals surface area contributed by atoms with Gasteiger partial charge in [-0.3, -0.25) is 9.36 Å². The molecule has 0 aliphatic carbocycles. The normalized spacial score (nSPS) is 10.7. The van der Waals surface area contributed by atoms with Gasteiger partial charge in [-0.05, 0) is 43.3 Å². The summed E-state index contributed by atoms with van der Waals surface area (Å²) in [5, 5.41) is 13.1. The summed E-state index contributed by atoms with van der Waals surface area (Å²) >= 11 is 7.24. The first kappa shape index (κ1) is 18.3. The Labute approximate surface area is 160 Å². The number of halogens is 1. The molecule has 0 aliphatic heterocycles. The van der Waals surface area contributed by atoms with Gasteiger partial charge in [0.05, 0.1) is 12.3 Å². The van der Waals surface area contributed by atoms with Crippen molar-refractivity contribution in [2.45, 2.75) is 18.6 Å². The van der Waals surface area contributed by atoms with Crippen molar-refractivity contribution in [1.29, 1.82) is 0 Å². The lowest BCUT2D eigenvalue weighted by Gasteiger charge is -2.11. The zero-order chi connectivity index (χ0) is 18.5. The lowest BCUT2D eigenvalue weighted by Crippen LogP contribution is -2.14. The van der Waals surface area contributed by atoms with E-state index < -0.39 is 5.91 Å². The number of carbonyl (C=O) groups excluding carboxylic acids is 1. The molecule has 0 radical (unpaired) electrons. The highest BCUT2D eigenvalue weighted by Gasteiger charge is 2.15. The van der Waals surface area contributed by atoms with Crippen molar-refractivity contribution < 1.29 is 4.79 Å². The standard InChI is InChI=1S/C18H18ClN5OS/c1-12-2-6-14(7-3-12)21-10-17-22-23-18(26-11-16(20)25)24(17)15-8-4-13(19)5-9-15/h2-9,21H,10-11H2,1H3,(H2,20,25). The zero-order valence-corrected chi connectivity index (χ0v) is 15.7. The summed E-state index contributed by atoms with van der Waals surface area (Å²) in [6.45, 7) is 2.53. The van der Waals surface area contributed by atoms with Crippen LogP contribution in [0.25, 0.3) is 5.69 Å². The first-order valence-electron chi connectivity index (χ1n) is 7.95. The Morgan fingerprint density at radius 1 is 1.15 bits per heavy atom. The van der Waals surface area contributed by atoms with Crippen LogP contribution in [0, 0.1) is 6.92 Å². The molecule has 0 unspecified atom stereocenters. The van der Waals surface area contributed by atoms with Gasteiger partial charge >= 0.3 is 0 Å². The number of hydrogen-bond acceptors (Lipinski definition) is 5. The van der Waals surface area contributed by atoms with E-state index in [-0.39, 0.29) is 5.75 Å².